The number of aliphatic carboxylic acids is 1. The quantitative estimate of drug-likeness (QED) is 0.593. The molecule has 2 N–H and O–H groups in total. The molecule has 18 heavy (non-hydrogen) atoms. The van der Waals surface area contributed by atoms with Crippen molar-refractivity contribution in [1.29, 1.82) is 0 Å². The number of nitrogens with zero attached hydrogens (tertiary/aromatic N) is 2. The minimum absolute atomic E-state index is 0.0192. The summed E-state index contributed by atoms with van der Waals surface area (Å²) in [5.74, 6) is -0.414. The van der Waals surface area contributed by atoms with E-state index in [0.29, 0.717) is 17.8 Å². The highest BCUT2D eigenvalue weighted by Gasteiger charge is 2.14. The fourth-order valence-electron chi connectivity index (χ4n) is 1.51. The molecule has 98 valence electrons. The van der Waals surface area contributed by atoms with Crippen LogP contribution in [0.5, 0.6) is 0 Å². The van der Waals surface area contributed by atoms with Crippen molar-refractivity contribution in [3.63, 3.8) is 0 Å². The first-order valence-electron chi connectivity index (χ1n) is 5.53. The fourth-order valence-corrected chi connectivity index (χ4v) is 1.51. The van der Waals surface area contributed by atoms with Crippen LogP contribution in [-0.4, -0.2) is 27.0 Å². The maximum Gasteiger partial charge on any atom is 0.305 e. The standard InChI is InChI=1S/C11H15N3O4/c1-3-8(5-10(15)16)13-11-7(2)4-9(6-12-11)14(17)18/h4,6,8H,3,5H2,1-2H3,(H,12,13)(H,15,16). The molecule has 1 atom stereocenters. The van der Waals surface area contributed by atoms with Gasteiger partial charge in [0.1, 0.15) is 12.0 Å². The lowest BCUT2D eigenvalue weighted by Crippen LogP contribution is -2.23. The van der Waals surface area contributed by atoms with Crippen LogP contribution in [0.2, 0.25) is 0 Å². The summed E-state index contributed by atoms with van der Waals surface area (Å²) in [6, 6.07) is 1.16. The van der Waals surface area contributed by atoms with Gasteiger partial charge in [0.05, 0.1) is 11.3 Å². The van der Waals surface area contributed by atoms with Gasteiger partial charge in [0.25, 0.3) is 5.69 Å². The molecule has 0 radical (unpaired) electrons. The van der Waals surface area contributed by atoms with Crippen molar-refractivity contribution < 1.29 is 14.8 Å². The van der Waals surface area contributed by atoms with Crippen LogP contribution in [-0.2, 0) is 4.79 Å². The minimum Gasteiger partial charge on any atom is -0.481 e. The van der Waals surface area contributed by atoms with E-state index in [0.717, 1.165) is 6.20 Å². The van der Waals surface area contributed by atoms with Gasteiger partial charge in [-0.2, -0.15) is 0 Å². The topological polar surface area (TPSA) is 105 Å². The molecule has 1 aromatic heterocycles. The number of hydrogen-bond acceptors (Lipinski definition) is 5. The van der Waals surface area contributed by atoms with Gasteiger partial charge < -0.3 is 10.4 Å². The number of hydrogen-bond donors (Lipinski definition) is 2. The second-order valence-corrected chi connectivity index (χ2v) is 3.96. The van der Waals surface area contributed by atoms with Gasteiger partial charge in [-0.1, -0.05) is 6.92 Å². The maximum absolute atomic E-state index is 10.6. The van der Waals surface area contributed by atoms with Crippen molar-refractivity contribution in [3.05, 3.63) is 27.9 Å². The molecule has 0 aromatic carbocycles. The van der Waals surface area contributed by atoms with E-state index < -0.39 is 10.9 Å². The molecule has 7 nitrogen and oxygen atoms in total. The lowest BCUT2D eigenvalue weighted by atomic mass is 10.1. The molecule has 0 fully saturated rings. The summed E-state index contributed by atoms with van der Waals surface area (Å²) in [7, 11) is 0. The lowest BCUT2D eigenvalue weighted by Gasteiger charge is -2.16. The second kappa shape index (κ2) is 5.95. The van der Waals surface area contributed by atoms with E-state index >= 15 is 0 Å². The molecule has 0 amide bonds. The van der Waals surface area contributed by atoms with Crippen LogP contribution in [0.1, 0.15) is 25.3 Å². The Morgan fingerprint density at radius 1 is 1.67 bits per heavy atom. The van der Waals surface area contributed by atoms with Crippen LogP contribution in [0, 0.1) is 17.0 Å². The van der Waals surface area contributed by atoms with Gasteiger partial charge in [0.2, 0.25) is 0 Å². The normalized spacial score (nSPS) is 11.9. The average Bonchev–Trinajstić information content (AvgIpc) is 2.29. The predicted octanol–water partition coefficient (Wildman–Crippen LogP) is 1.96. The van der Waals surface area contributed by atoms with Crippen molar-refractivity contribution in [2.24, 2.45) is 0 Å². The molecule has 0 saturated heterocycles. The zero-order valence-electron chi connectivity index (χ0n) is 10.2. The average molecular weight is 253 g/mol. The van der Waals surface area contributed by atoms with Gasteiger partial charge in [0, 0.05) is 12.1 Å². The molecule has 1 heterocycles. The first-order valence-corrected chi connectivity index (χ1v) is 5.53. The van der Waals surface area contributed by atoms with Crippen LogP contribution in [0.15, 0.2) is 12.3 Å². The van der Waals surface area contributed by atoms with Crippen molar-refractivity contribution in [2.75, 3.05) is 5.32 Å². The molecular weight excluding hydrogens is 238 g/mol. The third kappa shape index (κ3) is 3.69. The first kappa shape index (κ1) is 13.9. The molecule has 0 saturated carbocycles. The molecule has 1 rings (SSSR count). The van der Waals surface area contributed by atoms with E-state index in [4.69, 9.17) is 5.11 Å². The van der Waals surface area contributed by atoms with Gasteiger partial charge in [-0.05, 0) is 18.9 Å². The highest BCUT2D eigenvalue weighted by molar-refractivity contribution is 5.68. The monoisotopic (exact) mass is 253 g/mol. The number of aromatic nitrogens is 1. The highest BCUT2D eigenvalue weighted by Crippen LogP contribution is 2.19. The first-order chi connectivity index (χ1) is 8.43. The largest absolute Gasteiger partial charge is 0.481 e. The van der Waals surface area contributed by atoms with E-state index in [9.17, 15) is 14.9 Å². The Balaban J connectivity index is 2.83. The Bertz CT molecular complexity index is 462. The summed E-state index contributed by atoms with van der Waals surface area (Å²) in [4.78, 5) is 24.6. The summed E-state index contributed by atoms with van der Waals surface area (Å²) in [5.41, 5.74) is 0.539. The highest BCUT2D eigenvalue weighted by atomic mass is 16.6. The van der Waals surface area contributed by atoms with Crippen LogP contribution in [0.3, 0.4) is 0 Å². The minimum atomic E-state index is -0.895. The van der Waals surface area contributed by atoms with Crippen molar-refractivity contribution in [2.45, 2.75) is 32.7 Å². The molecule has 0 bridgehead atoms. The molecule has 1 unspecified atom stereocenters. The molecule has 0 aliphatic rings. The van der Waals surface area contributed by atoms with Crippen molar-refractivity contribution >= 4 is 17.5 Å². The Morgan fingerprint density at radius 3 is 2.78 bits per heavy atom. The number of pyridine rings is 1. The predicted molar refractivity (Wildman–Crippen MR) is 65.6 cm³/mol. The van der Waals surface area contributed by atoms with E-state index in [1.807, 2.05) is 6.92 Å². The molecular formula is C11H15N3O4. The van der Waals surface area contributed by atoms with Gasteiger partial charge in [0.15, 0.2) is 0 Å². The van der Waals surface area contributed by atoms with Crippen LogP contribution in [0.25, 0.3) is 0 Å². The van der Waals surface area contributed by atoms with Crippen molar-refractivity contribution in [1.82, 2.24) is 4.98 Å². The smallest absolute Gasteiger partial charge is 0.305 e. The third-order valence-electron chi connectivity index (χ3n) is 2.53. The summed E-state index contributed by atoms with van der Waals surface area (Å²) in [5, 5.41) is 22.3. The summed E-state index contributed by atoms with van der Waals surface area (Å²) >= 11 is 0. The van der Waals surface area contributed by atoms with Gasteiger partial charge >= 0.3 is 5.97 Å². The fraction of sp³-hybridized carbons (Fsp3) is 0.455. The molecule has 7 heteroatoms. The van der Waals surface area contributed by atoms with E-state index in [1.54, 1.807) is 6.92 Å². The number of carbonyl (C=O) groups is 1. The molecule has 0 aliphatic heterocycles. The van der Waals surface area contributed by atoms with E-state index in [2.05, 4.69) is 10.3 Å². The summed E-state index contributed by atoms with van der Waals surface area (Å²) in [6.45, 7) is 3.55. The zero-order valence-corrected chi connectivity index (χ0v) is 10.2. The summed E-state index contributed by atoms with van der Waals surface area (Å²) < 4.78 is 0. The van der Waals surface area contributed by atoms with Gasteiger partial charge in [-0.15, -0.1) is 0 Å². The summed E-state index contributed by atoms with van der Waals surface area (Å²) in [6.07, 6.45) is 1.77. The van der Waals surface area contributed by atoms with Gasteiger partial charge in [-0.25, -0.2) is 4.98 Å². The number of anilines is 1. The maximum atomic E-state index is 10.6. The van der Waals surface area contributed by atoms with Crippen LogP contribution in [0.4, 0.5) is 11.5 Å². The van der Waals surface area contributed by atoms with E-state index in [-0.39, 0.29) is 18.2 Å². The Labute approximate surface area is 104 Å². The SMILES string of the molecule is CCC(CC(=O)O)Nc1ncc([N+](=O)[O-])cc1C. The van der Waals surface area contributed by atoms with E-state index in [1.165, 1.54) is 6.07 Å². The third-order valence-corrected chi connectivity index (χ3v) is 2.53. The van der Waals surface area contributed by atoms with Gasteiger partial charge in [-0.3, -0.25) is 14.9 Å². The Kier molecular flexibility index (Phi) is 4.59. The number of rotatable bonds is 6. The number of carboxylic acid groups (broad SMARTS) is 1. The molecule has 0 spiro atoms. The number of nitrogens with one attached hydrogen (secondary N) is 1. The zero-order chi connectivity index (χ0) is 13.7. The molecule has 1 aromatic rings. The Hall–Kier alpha value is -2.18. The number of aryl methyl sites for hydroxylation is 1. The van der Waals surface area contributed by atoms with Crippen LogP contribution >= 0.6 is 0 Å². The second-order valence-electron chi connectivity index (χ2n) is 3.96. The Morgan fingerprint density at radius 2 is 2.33 bits per heavy atom. The number of nitro groups is 1. The van der Waals surface area contributed by atoms with Crippen LogP contribution < -0.4 is 5.32 Å². The molecule has 0 aliphatic carbocycles. The van der Waals surface area contributed by atoms with Crippen molar-refractivity contribution in [3.8, 4) is 0 Å². The lowest BCUT2D eigenvalue weighted by molar-refractivity contribution is -0.385. The number of carboxylic acids is 1.